The number of benzene rings is 1. The Morgan fingerprint density at radius 2 is 1.94 bits per heavy atom. The number of nitrogens with two attached hydrogens (primary N) is 1. The molecule has 18 heavy (non-hydrogen) atoms. The molecule has 0 heterocycles. The lowest BCUT2D eigenvalue weighted by Crippen LogP contribution is -2.04. The highest BCUT2D eigenvalue weighted by molar-refractivity contribution is 5.40. The van der Waals surface area contributed by atoms with Crippen LogP contribution in [-0.4, -0.2) is 25.4 Å². The molecule has 4 heteroatoms. The fourth-order valence-corrected chi connectivity index (χ4v) is 1.73. The molecule has 4 nitrogen and oxygen atoms in total. The van der Waals surface area contributed by atoms with Gasteiger partial charge in [-0.15, -0.1) is 0 Å². The summed E-state index contributed by atoms with van der Waals surface area (Å²) in [6.07, 6.45) is 3.99. The van der Waals surface area contributed by atoms with Crippen LogP contribution in [0.1, 0.15) is 31.2 Å². The topological polar surface area (TPSA) is 64.7 Å². The predicted octanol–water partition coefficient (Wildman–Crippen LogP) is 2.09. The number of hydrogen-bond acceptors (Lipinski definition) is 4. The van der Waals surface area contributed by atoms with Gasteiger partial charge in [-0.05, 0) is 37.5 Å². The Hall–Kier alpha value is -1.26. The molecule has 1 aromatic carbocycles. The van der Waals surface area contributed by atoms with Crippen LogP contribution in [0.5, 0.6) is 11.5 Å². The highest BCUT2D eigenvalue weighted by Crippen LogP contribution is 2.24. The van der Waals surface area contributed by atoms with Gasteiger partial charge >= 0.3 is 0 Å². The fourth-order valence-electron chi connectivity index (χ4n) is 1.73. The summed E-state index contributed by atoms with van der Waals surface area (Å²) in [5.41, 5.74) is 6.64. The molecule has 0 amide bonds. The lowest BCUT2D eigenvalue weighted by molar-refractivity contribution is 0.272. The third-order valence-electron chi connectivity index (χ3n) is 2.80. The lowest BCUT2D eigenvalue weighted by Gasteiger charge is -2.11. The number of methoxy groups -OCH3 is 1. The van der Waals surface area contributed by atoms with Crippen LogP contribution < -0.4 is 15.2 Å². The number of ether oxygens (including phenoxy) is 2. The van der Waals surface area contributed by atoms with Gasteiger partial charge in [-0.2, -0.15) is 0 Å². The molecule has 0 unspecified atom stereocenters. The Morgan fingerprint density at radius 1 is 1.17 bits per heavy atom. The zero-order valence-corrected chi connectivity index (χ0v) is 11.0. The minimum absolute atomic E-state index is 0.274. The van der Waals surface area contributed by atoms with E-state index in [1.807, 2.05) is 18.2 Å². The van der Waals surface area contributed by atoms with Crippen molar-refractivity contribution in [2.45, 2.75) is 32.2 Å². The van der Waals surface area contributed by atoms with E-state index in [4.69, 9.17) is 20.3 Å². The standard InChI is InChI=1S/C14H23NO3/c1-17-13-6-7-14(12(10-13)11-15)18-9-5-3-2-4-8-16/h6-7,10,16H,2-5,8-9,11,15H2,1H3. The van der Waals surface area contributed by atoms with Crippen molar-refractivity contribution in [1.29, 1.82) is 0 Å². The molecule has 1 rings (SSSR count). The van der Waals surface area contributed by atoms with E-state index in [9.17, 15) is 0 Å². The SMILES string of the molecule is COc1ccc(OCCCCCCO)c(CN)c1. The van der Waals surface area contributed by atoms with Gasteiger partial charge < -0.3 is 20.3 Å². The number of rotatable bonds is 9. The summed E-state index contributed by atoms with van der Waals surface area (Å²) in [5.74, 6) is 1.63. The number of aliphatic hydroxyl groups is 1. The van der Waals surface area contributed by atoms with Gasteiger partial charge in [0.15, 0.2) is 0 Å². The van der Waals surface area contributed by atoms with E-state index in [1.54, 1.807) is 7.11 Å². The van der Waals surface area contributed by atoms with Gasteiger partial charge in [0.05, 0.1) is 13.7 Å². The van der Waals surface area contributed by atoms with E-state index in [0.717, 1.165) is 42.7 Å². The van der Waals surface area contributed by atoms with Gasteiger partial charge in [-0.3, -0.25) is 0 Å². The quantitative estimate of drug-likeness (QED) is 0.661. The first-order valence-corrected chi connectivity index (χ1v) is 6.42. The van der Waals surface area contributed by atoms with E-state index in [-0.39, 0.29) is 6.61 Å². The molecular weight excluding hydrogens is 230 g/mol. The van der Waals surface area contributed by atoms with Gasteiger partial charge in [0.1, 0.15) is 11.5 Å². The van der Waals surface area contributed by atoms with Gasteiger partial charge in [-0.1, -0.05) is 6.42 Å². The van der Waals surface area contributed by atoms with Crippen molar-refractivity contribution in [3.05, 3.63) is 23.8 Å². The first kappa shape index (κ1) is 14.8. The molecule has 0 aliphatic carbocycles. The van der Waals surface area contributed by atoms with Crippen LogP contribution in [0.4, 0.5) is 0 Å². The molecule has 1 aromatic rings. The summed E-state index contributed by atoms with van der Waals surface area (Å²) in [6, 6.07) is 5.68. The molecule has 0 fully saturated rings. The smallest absolute Gasteiger partial charge is 0.124 e. The van der Waals surface area contributed by atoms with Gasteiger partial charge in [0, 0.05) is 18.7 Å². The molecule has 0 aromatic heterocycles. The van der Waals surface area contributed by atoms with Crippen LogP contribution in [0.3, 0.4) is 0 Å². The van der Waals surface area contributed by atoms with Crippen molar-refractivity contribution in [1.82, 2.24) is 0 Å². The van der Waals surface area contributed by atoms with E-state index in [1.165, 1.54) is 0 Å². The first-order valence-electron chi connectivity index (χ1n) is 6.42. The largest absolute Gasteiger partial charge is 0.497 e. The van der Waals surface area contributed by atoms with Crippen molar-refractivity contribution in [3.8, 4) is 11.5 Å². The van der Waals surface area contributed by atoms with Crippen molar-refractivity contribution in [3.63, 3.8) is 0 Å². The number of aliphatic hydroxyl groups excluding tert-OH is 1. The van der Waals surface area contributed by atoms with Crippen molar-refractivity contribution < 1.29 is 14.6 Å². The number of unbranched alkanes of at least 4 members (excludes halogenated alkanes) is 3. The van der Waals surface area contributed by atoms with Crippen LogP contribution in [-0.2, 0) is 6.54 Å². The van der Waals surface area contributed by atoms with Crippen LogP contribution in [0.25, 0.3) is 0 Å². The average Bonchev–Trinajstić information content (AvgIpc) is 2.42. The minimum Gasteiger partial charge on any atom is -0.497 e. The second-order valence-corrected chi connectivity index (χ2v) is 4.16. The summed E-state index contributed by atoms with van der Waals surface area (Å²) >= 11 is 0. The zero-order valence-electron chi connectivity index (χ0n) is 11.0. The second kappa shape index (κ2) is 8.78. The van der Waals surface area contributed by atoms with E-state index >= 15 is 0 Å². The highest BCUT2D eigenvalue weighted by Gasteiger charge is 2.04. The molecule has 0 atom stereocenters. The van der Waals surface area contributed by atoms with Crippen LogP contribution in [0.15, 0.2) is 18.2 Å². The molecule has 0 spiro atoms. The number of hydrogen-bond donors (Lipinski definition) is 2. The molecule has 3 N–H and O–H groups in total. The van der Waals surface area contributed by atoms with Crippen LogP contribution in [0, 0.1) is 0 Å². The second-order valence-electron chi connectivity index (χ2n) is 4.16. The Bertz CT molecular complexity index is 342. The van der Waals surface area contributed by atoms with Crippen LogP contribution in [0.2, 0.25) is 0 Å². The third kappa shape index (κ3) is 4.94. The third-order valence-corrected chi connectivity index (χ3v) is 2.80. The molecule has 0 aliphatic heterocycles. The molecule has 0 saturated heterocycles. The van der Waals surface area contributed by atoms with Crippen molar-refractivity contribution in [2.24, 2.45) is 5.73 Å². The minimum atomic E-state index is 0.274. The fraction of sp³-hybridized carbons (Fsp3) is 0.571. The van der Waals surface area contributed by atoms with E-state index < -0.39 is 0 Å². The normalized spacial score (nSPS) is 10.4. The van der Waals surface area contributed by atoms with Crippen molar-refractivity contribution in [2.75, 3.05) is 20.3 Å². The summed E-state index contributed by atoms with van der Waals surface area (Å²) in [4.78, 5) is 0. The predicted molar refractivity (Wildman–Crippen MR) is 71.9 cm³/mol. The maximum atomic E-state index is 8.66. The van der Waals surface area contributed by atoms with Gasteiger partial charge in [0.2, 0.25) is 0 Å². The molecule has 0 saturated carbocycles. The van der Waals surface area contributed by atoms with Gasteiger partial charge in [-0.25, -0.2) is 0 Å². The molecule has 0 bridgehead atoms. The summed E-state index contributed by atoms with van der Waals surface area (Å²) in [7, 11) is 1.64. The lowest BCUT2D eigenvalue weighted by atomic mass is 10.2. The van der Waals surface area contributed by atoms with Gasteiger partial charge in [0.25, 0.3) is 0 Å². The molecule has 102 valence electrons. The Balaban J connectivity index is 2.37. The van der Waals surface area contributed by atoms with E-state index in [0.29, 0.717) is 13.2 Å². The zero-order chi connectivity index (χ0) is 13.2. The summed E-state index contributed by atoms with van der Waals surface area (Å²) < 4.78 is 10.9. The average molecular weight is 253 g/mol. The Morgan fingerprint density at radius 3 is 2.61 bits per heavy atom. The Labute approximate surface area is 109 Å². The molecule has 0 radical (unpaired) electrons. The molecular formula is C14H23NO3. The summed E-state index contributed by atoms with van der Waals surface area (Å²) in [5, 5.41) is 8.66. The molecule has 0 aliphatic rings. The van der Waals surface area contributed by atoms with Crippen LogP contribution >= 0.6 is 0 Å². The maximum absolute atomic E-state index is 8.66. The Kier molecular flexibility index (Phi) is 7.22. The monoisotopic (exact) mass is 253 g/mol. The van der Waals surface area contributed by atoms with Crippen molar-refractivity contribution >= 4 is 0 Å². The first-order chi connectivity index (χ1) is 8.81. The highest BCUT2D eigenvalue weighted by atomic mass is 16.5. The van der Waals surface area contributed by atoms with E-state index in [2.05, 4.69) is 0 Å². The maximum Gasteiger partial charge on any atom is 0.124 e. The summed E-state index contributed by atoms with van der Waals surface area (Å²) in [6.45, 7) is 1.40.